The van der Waals surface area contributed by atoms with Gasteiger partial charge < -0.3 is 10.3 Å². The van der Waals surface area contributed by atoms with Crippen molar-refractivity contribution >= 4 is 34.8 Å². The maximum absolute atomic E-state index is 12.7. The first-order chi connectivity index (χ1) is 11.6. The summed E-state index contributed by atoms with van der Waals surface area (Å²) >= 11 is 0. The van der Waals surface area contributed by atoms with Crippen molar-refractivity contribution in [2.45, 2.75) is 37.1 Å². The summed E-state index contributed by atoms with van der Waals surface area (Å²) in [6, 6.07) is 7.07. The van der Waals surface area contributed by atoms with Crippen molar-refractivity contribution in [2.75, 3.05) is 19.6 Å². The number of aromatic amines is 1. The first kappa shape index (κ1) is 21.2. The number of halogens is 2. The zero-order chi connectivity index (χ0) is 16.6. The number of sulfonamides is 1. The number of benzene rings is 1. The molecule has 6 nitrogen and oxygen atoms in total. The van der Waals surface area contributed by atoms with Gasteiger partial charge >= 0.3 is 0 Å². The molecule has 1 fully saturated rings. The highest BCUT2D eigenvalue weighted by atomic mass is 35.5. The summed E-state index contributed by atoms with van der Waals surface area (Å²) in [6.07, 6.45) is 3.93. The molecule has 0 unspecified atom stereocenters. The van der Waals surface area contributed by atoms with Crippen molar-refractivity contribution in [3.63, 3.8) is 0 Å². The van der Waals surface area contributed by atoms with Crippen molar-refractivity contribution in [3.8, 4) is 11.4 Å². The van der Waals surface area contributed by atoms with E-state index in [2.05, 4.69) is 15.3 Å². The first-order valence-corrected chi connectivity index (χ1v) is 9.98. The molecule has 3 heterocycles. The number of rotatable bonds is 3. The predicted octanol–water partition coefficient (Wildman–Crippen LogP) is 2.74. The lowest BCUT2D eigenvalue weighted by atomic mass is 10.2. The van der Waals surface area contributed by atoms with Gasteiger partial charge in [0.05, 0.1) is 16.3 Å². The van der Waals surface area contributed by atoms with Gasteiger partial charge in [-0.3, -0.25) is 0 Å². The van der Waals surface area contributed by atoms with Crippen LogP contribution in [-0.4, -0.2) is 42.3 Å². The standard InChI is InChI=1S/C17H22N4O2S.2ClH/c22-24(23,21-10-2-1-3-11-21)14-6-4-13(5-7-14)17-19-15-8-9-18-12-16(15)20-17;;/h4-7,18H,1-3,8-12H2,(H,19,20);2*1H. The summed E-state index contributed by atoms with van der Waals surface area (Å²) in [5, 5.41) is 3.32. The number of fused-ring (bicyclic) bond motifs is 1. The molecule has 0 saturated carbocycles. The molecular weight excluding hydrogens is 395 g/mol. The van der Waals surface area contributed by atoms with Crippen molar-refractivity contribution in [1.82, 2.24) is 19.6 Å². The highest BCUT2D eigenvalue weighted by molar-refractivity contribution is 7.89. The quantitative estimate of drug-likeness (QED) is 0.802. The van der Waals surface area contributed by atoms with Crippen molar-refractivity contribution in [1.29, 1.82) is 0 Å². The lowest BCUT2D eigenvalue weighted by Crippen LogP contribution is -2.35. The van der Waals surface area contributed by atoms with E-state index >= 15 is 0 Å². The van der Waals surface area contributed by atoms with Gasteiger partial charge in [0.1, 0.15) is 5.82 Å². The number of nitrogens with one attached hydrogen (secondary N) is 2. The molecule has 2 aliphatic heterocycles. The van der Waals surface area contributed by atoms with Crippen LogP contribution < -0.4 is 5.32 Å². The Morgan fingerprint density at radius 1 is 1.00 bits per heavy atom. The van der Waals surface area contributed by atoms with E-state index < -0.39 is 10.0 Å². The van der Waals surface area contributed by atoms with E-state index in [1.807, 2.05) is 12.1 Å². The molecule has 2 aliphatic rings. The Kier molecular flexibility index (Phi) is 7.10. The van der Waals surface area contributed by atoms with Crippen LogP contribution >= 0.6 is 24.8 Å². The molecule has 1 saturated heterocycles. The molecule has 9 heteroatoms. The minimum atomic E-state index is -3.37. The summed E-state index contributed by atoms with van der Waals surface area (Å²) < 4.78 is 27.0. The second-order valence-electron chi connectivity index (χ2n) is 6.43. The van der Waals surface area contributed by atoms with Crippen molar-refractivity contribution in [3.05, 3.63) is 35.7 Å². The normalized spacial score (nSPS) is 17.7. The average molecular weight is 419 g/mol. The van der Waals surface area contributed by atoms with Gasteiger partial charge in [0, 0.05) is 38.2 Å². The highest BCUT2D eigenvalue weighted by Gasteiger charge is 2.26. The van der Waals surface area contributed by atoms with Gasteiger partial charge in [0.15, 0.2) is 0 Å². The lowest BCUT2D eigenvalue weighted by molar-refractivity contribution is 0.346. The fraction of sp³-hybridized carbons (Fsp3) is 0.471. The van der Waals surface area contributed by atoms with E-state index in [4.69, 9.17) is 0 Å². The molecule has 2 N–H and O–H groups in total. The lowest BCUT2D eigenvalue weighted by Gasteiger charge is -2.25. The van der Waals surface area contributed by atoms with Crippen LogP contribution in [0.4, 0.5) is 0 Å². The van der Waals surface area contributed by atoms with Crippen LogP contribution in [0.3, 0.4) is 0 Å². The van der Waals surface area contributed by atoms with E-state index in [1.54, 1.807) is 16.4 Å². The summed E-state index contributed by atoms with van der Waals surface area (Å²) in [5.41, 5.74) is 3.15. The minimum Gasteiger partial charge on any atom is -0.341 e. The molecule has 1 aromatic heterocycles. The monoisotopic (exact) mass is 418 g/mol. The maximum Gasteiger partial charge on any atom is 0.243 e. The molecule has 2 aromatic rings. The molecular formula is C17H24Cl2N4O2S. The molecule has 0 radical (unpaired) electrons. The third-order valence-corrected chi connectivity index (χ3v) is 6.70. The number of nitrogens with zero attached hydrogens (tertiary/aromatic N) is 2. The molecule has 0 aliphatic carbocycles. The summed E-state index contributed by atoms with van der Waals surface area (Å²) in [7, 11) is -3.37. The molecule has 0 bridgehead atoms. The Morgan fingerprint density at radius 2 is 1.69 bits per heavy atom. The van der Waals surface area contributed by atoms with E-state index in [1.165, 1.54) is 0 Å². The van der Waals surface area contributed by atoms with Gasteiger partial charge in [0.25, 0.3) is 0 Å². The molecule has 0 atom stereocenters. The Balaban J connectivity index is 0.00000121. The number of aromatic nitrogens is 2. The summed E-state index contributed by atoms with van der Waals surface area (Å²) in [6.45, 7) is 3.01. The summed E-state index contributed by atoms with van der Waals surface area (Å²) in [4.78, 5) is 8.35. The highest BCUT2D eigenvalue weighted by Crippen LogP contribution is 2.24. The largest absolute Gasteiger partial charge is 0.341 e. The smallest absolute Gasteiger partial charge is 0.243 e. The third kappa shape index (κ3) is 4.07. The van der Waals surface area contributed by atoms with Gasteiger partial charge in [-0.05, 0) is 37.1 Å². The molecule has 4 rings (SSSR count). The molecule has 144 valence electrons. The van der Waals surface area contributed by atoms with Crippen LogP contribution in [0.5, 0.6) is 0 Å². The van der Waals surface area contributed by atoms with Gasteiger partial charge in [-0.1, -0.05) is 6.42 Å². The fourth-order valence-corrected chi connectivity index (χ4v) is 4.91. The second kappa shape index (κ2) is 8.71. The van der Waals surface area contributed by atoms with Crippen LogP contribution in [-0.2, 0) is 23.0 Å². The number of hydrogen-bond acceptors (Lipinski definition) is 4. The second-order valence-corrected chi connectivity index (χ2v) is 8.36. The van der Waals surface area contributed by atoms with Gasteiger partial charge in [-0.25, -0.2) is 13.4 Å². The fourth-order valence-electron chi connectivity index (χ4n) is 3.39. The topological polar surface area (TPSA) is 78.1 Å². The molecule has 0 amide bonds. The van der Waals surface area contributed by atoms with E-state index in [9.17, 15) is 8.42 Å². The van der Waals surface area contributed by atoms with Gasteiger partial charge in [-0.2, -0.15) is 4.31 Å². The zero-order valence-electron chi connectivity index (χ0n) is 14.4. The number of imidazole rings is 1. The minimum absolute atomic E-state index is 0. The van der Waals surface area contributed by atoms with Crippen LogP contribution in [0.25, 0.3) is 11.4 Å². The molecule has 0 spiro atoms. The Labute approximate surface area is 166 Å². The SMILES string of the molecule is Cl.Cl.O=S(=O)(c1ccc(-c2nc3c([nH]2)CNCC3)cc1)N1CCCCC1. The van der Waals surface area contributed by atoms with Crippen LogP contribution in [0, 0.1) is 0 Å². The van der Waals surface area contributed by atoms with E-state index in [-0.39, 0.29) is 24.8 Å². The Morgan fingerprint density at radius 3 is 2.35 bits per heavy atom. The average Bonchev–Trinajstić information content (AvgIpc) is 3.07. The molecule has 26 heavy (non-hydrogen) atoms. The maximum atomic E-state index is 12.7. The predicted molar refractivity (Wildman–Crippen MR) is 107 cm³/mol. The van der Waals surface area contributed by atoms with Crippen molar-refractivity contribution < 1.29 is 8.42 Å². The number of hydrogen-bond donors (Lipinski definition) is 2. The summed E-state index contributed by atoms with van der Waals surface area (Å²) in [5.74, 6) is 0.811. The van der Waals surface area contributed by atoms with Crippen LogP contribution in [0.15, 0.2) is 29.2 Å². The van der Waals surface area contributed by atoms with Crippen LogP contribution in [0.1, 0.15) is 30.7 Å². The van der Waals surface area contributed by atoms with E-state index in [0.29, 0.717) is 18.0 Å². The van der Waals surface area contributed by atoms with Crippen LogP contribution in [0.2, 0.25) is 0 Å². The van der Waals surface area contributed by atoms with E-state index in [0.717, 1.165) is 61.5 Å². The number of H-pyrrole nitrogens is 1. The Bertz CT molecular complexity index is 807. The Hall–Kier alpha value is -1.12. The zero-order valence-corrected chi connectivity index (χ0v) is 16.9. The third-order valence-electron chi connectivity index (χ3n) is 4.79. The first-order valence-electron chi connectivity index (χ1n) is 8.54. The molecule has 1 aromatic carbocycles. The van der Waals surface area contributed by atoms with Gasteiger partial charge in [0.2, 0.25) is 10.0 Å². The number of piperidine rings is 1. The van der Waals surface area contributed by atoms with Gasteiger partial charge in [-0.15, -0.1) is 24.8 Å². The van der Waals surface area contributed by atoms with Crippen molar-refractivity contribution in [2.24, 2.45) is 0 Å².